The average molecular weight is 398 g/mol. The van der Waals surface area contributed by atoms with Gasteiger partial charge in [0.2, 0.25) is 0 Å². The van der Waals surface area contributed by atoms with E-state index in [0.717, 1.165) is 18.2 Å². The molecule has 0 aliphatic carbocycles. The minimum Gasteiger partial charge on any atom is -0.306 e. The van der Waals surface area contributed by atoms with E-state index >= 15 is 0 Å². The maximum atomic E-state index is 14.0. The molecule has 0 saturated carbocycles. The zero-order chi connectivity index (χ0) is 18.9. The highest BCUT2D eigenvalue weighted by Crippen LogP contribution is 2.26. The van der Waals surface area contributed by atoms with Crippen molar-refractivity contribution in [1.29, 1.82) is 0 Å². The maximum Gasteiger partial charge on any atom is 0.259 e. The van der Waals surface area contributed by atoms with Crippen LogP contribution in [0.2, 0.25) is 0 Å². The number of pyridine rings is 1. The maximum absolute atomic E-state index is 14.0. The molecule has 1 fully saturated rings. The highest BCUT2D eigenvalue weighted by molar-refractivity contribution is 7.96. The van der Waals surface area contributed by atoms with Crippen LogP contribution in [0.15, 0.2) is 47.5 Å². The quantitative estimate of drug-likeness (QED) is 0.780. The monoisotopic (exact) mass is 398 g/mol. The van der Waals surface area contributed by atoms with Gasteiger partial charge in [-0.1, -0.05) is 6.07 Å². The first kappa shape index (κ1) is 18.5. The molecule has 1 unspecified atom stereocenters. The Morgan fingerprint density at radius 2 is 2.00 bits per heavy atom. The molecule has 1 aliphatic heterocycles. The number of nitrogens with zero attached hydrogens (tertiary/aromatic N) is 1. The highest BCUT2D eigenvalue weighted by Gasteiger charge is 2.38. The Hall–Kier alpha value is -2.33. The molecule has 0 bridgehead atoms. The van der Waals surface area contributed by atoms with Gasteiger partial charge in [0.15, 0.2) is 19.7 Å². The molecule has 10 heteroatoms. The fourth-order valence-electron chi connectivity index (χ4n) is 2.67. The van der Waals surface area contributed by atoms with Crippen molar-refractivity contribution in [2.45, 2.75) is 16.6 Å². The van der Waals surface area contributed by atoms with Gasteiger partial charge in [-0.3, -0.25) is 4.79 Å². The second kappa shape index (κ2) is 6.76. The topological polar surface area (TPSA) is 110 Å². The molecular weight excluding hydrogens is 383 g/mol. The van der Waals surface area contributed by atoms with Crippen LogP contribution >= 0.6 is 0 Å². The Labute approximate surface area is 150 Å². The fourth-order valence-corrected chi connectivity index (χ4v) is 7.06. The number of benzene rings is 1. The number of carbonyl (C=O) groups is 1. The summed E-state index contributed by atoms with van der Waals surface area (Å²) in [6.45, 7) is 0. The summed E-state index contributed by atoms with van der Waals surface area (Å²) in [6, 6.07) is 7.60. The van der Waals surface area contributed by atoms with Crippen molar-refractivity contribution in [3.05, 3.63) is 54.0 Å². The molecule has 1 aromatic carbocycles. The summed E-state index contributed by atoms with van der Waals surface area (Å²) in [5.74, 6) is -2.23. The standard InChI is InChI=1S/C16H15FN2O5S2/c17-14-5-4-11(26(23,24)12-6-8-25(21,22)10-12)9-13(14)16(20)19-15-3-1-2-7-18-15/h1-5,7,9,12H,6,8,10H2,(H,18,19,20). The highest BCUT2D eigenvalue weighted by atomic mass is 32.2. The molecular formula is C16H15FN2O5S2. The molecule has 3 rings (SSSR count). The lowest BCUT2D eigenvalue weighted by atomic mass is 10.2. The Morgan fingerprint density at radius 3 is 2.62 bits per heavy atom. The van der Waals surface area contributed by atoms with E-state index in [4.69, 9.17) is 0 Å². The van der Waals surface area contributed by atoms with Gasteiger partial charge in [-0.05, 0) is 36.8 Å². The van der Waals surface area contributed by atoms with Crippen molar-refractivity contribution in [3.8, 4) is 0 Å². The molecule has 1 aromatic heterocycles. The molecule has 0 radical (unpaired) electrons. The van der Waals surface area contributed by atoms with Gasteiger partial charge >= 0.3 is 0 Å². The number of halogens is 1. The second-order valence-corrected chi connectivity index (χ2v) is 10.3. The number of hydrogen-bond donors (Lipinski definition) is 1. The number of aromatic nitrogens is 1. The van der Waals surface area contributed by atoms with Crippen LogP contribution in [0, 0.1) is 5.82 Å². The summed E-state index contributed by atoms with van der Waals surface area (Å²) in [6.07, 6.45) is 1.42. The van der Waals surface area contributed by atoms with E-state index < -0.39 is 48.0 Å². The minimum absolute atomic E-state index is 0.0164. The predicted molar refractivity (Wildman–Crippen MR) is 92.8 cm³/mol. The fraction of sp³-hybridized carbons (Fsp3) is 0.250. The van der Waals surface area contributed by atoms with Crippen molar-refractivity contribution in [2.75, 3.05) is 16.8 Å². The molecule has 1 amide bonds. The van der Waals surface area contributed by atoms with Gasteiger partial charge in [0.1, 0.15) is 11.6 Å². The van der Waals surface area contributed by atoms with Crippen LogP contribution < -0.4 is 5.32 Å². The predicted octanol–water partition coefficient (Wildman–Crippen LogP) is 1.43. The molecule has 138 valence electrons. The lowest BCUT2D eigenvalue weighted by Crippen LogP contribution is -2.23. The minimum atomic E-state index is -4.00. The Kier molecular flexibility index (Phi) is 4.80. The zero-order valence-corrected chi connectivity index (χ0v) is 15.1. The number of carbonyl (C=O) groups excluding carboxylic acids is 1. The third kappa shape index (κ3) is 3.75. The molecule has 7 nitrogen and oxygen atoms in total. The number of rotatable bonds is 4. The molecule has 1 N–H and O–H groups in total. The number of sulfone groups is 2. The largest absolute Gasteiger partial charge is 0.306 e. The van der Waals surface area contributed by atoms with Gasteiger partial charge in [-0.2, -0.15) is 0 Å². The summed E-state index contributed by atoms with van der Waals surface area (Å²) >= 11 is 0. The van der Waals surface area contributed by atoms with Crippen molar-refractivity contribution in [1.82, 2.24) is 4.98 Å². The van der Waals surface area contributed by atoms with E-state index in [0.29, 0.717) is 0 Å². The number of hydrogen-bond acceptors (Lipinski definition) is 6. The lowest BCUT2D eigenvalue weighted by molar-refractivity contribution is 0.102. The Morgan fingerprint density at radius 1 is 1.23 bits per heavy atom. The summed E-state index contributed by atoms with van der Waals surface area (Å²) < 4.78 is 62.4. The van der Waals surface area contributed by atoms with E-state index in [-0.39, 0.29) is 22.9 Å². The van der Waals surface area contributed by atoms with Crippen molar-refractivity contribution < 1.29 is 26.0 Å². The molecule has 2 heterocycles. The van der Waals surface area contributed by atoms with Crippen molar-refractivity contribution in [2.24, 2.45) is 0 Å². The SMILES string of the molecule is O=C(Nc1ccccn1)c1cc(S(=O)(=O)C2CCS(=O)(=O)C2)ccc1F. The first-order chi connectivity index (χ1) is 12.2. The van der Waals surface area contributed by atoms with E-state index in [9.17, 15) is 26.0 Å². The van der Waals surface area contributed by atoms with Crippen LogP contribution in [-0.4, -0.2) is 44.5 Å². The van der Waals surface area contributed by atoms with Crippen LogP contribution in [0.3, 0.4) is 0 Å². The molecule has 1 saturated heterocycles. The summed E-state index contributed by atoms with van der Waals surface area (Å²) in [4.78, 5) is 15.9. The van der Waals surface area contributed by atoms with Gasteiger partial charge in [-0.15, -0.1) is 0 Å². The van der Waals surface area contributed by atoms with Crippen LogP contribution in [0.25, 0.3) is 0 Å². The first-order valence-electron chi connectivity index (χ1n) is 7.65. The summed E-state index contributed by atoms with van der Waals surface area (Å²) in [5.41, 5.74) is -0.461. The van der Waals surface area contributed by atoms with Gasteiger partial charge < -0.3 is 5.32 Å². The summed E-state index contributed by atoms with van der Waals surface area (Å²) in [7, 11) is -7.40. The van der Waals surface area contributed by atoms with Crippen LogP contribution in [-0.2, 0) is 19.7 Å². The van der Waals surface area contributed by atoms with E-state index in [1.54, 1.807) is 12.1 Å². The van der Waals surface area contributed by atoms with E-state index in [1.165, 1.54) is 12.3 Å². The van der Waals surface area contributed by atoms with E-state index in [2.05, 4.69) is 10.3 Å². The van der Waals surface area contributed by atoms with Crippen LogP contribution in [0.1, 0.15) is 16.8 Å². The summed E-state index contributed by atoms with van der Waals surface area (Å²) in [5, 5.41) is 1.29. The van der Waals surface area contributed by atoms with E-state index in [1.807, 2.05) is 0 Å². The van der Waals surface area contributed by atoms with Crippen molar-refractivity contribution in [3.63, 3.8) is 0 Å². The zero-order valence-electron chi connectivity index (χ0n) is 13.4. The third-order valence-electron chi connectivity index (χ3n) is 4.05. The second-order valence-electron chi connectivity index (χ2n) is 5.88. The molecule has 26 heavy (non-hydrogen) atoms. The number of amides is 1. The molecule has 1 atom stereocenters. The third-order valence-corrected chi connectivity index (χ3v) is 8.22. The molecule has 2 aromatic rings. The van der Waals surface area contributed by atoms with Gasteiger partial charge in [0.25, 0.3) is 5.91 Å². The smallest absolute Gasteiger partial charge is 0.259 e. The number of nitrogens with one attached hydrogen (secondary N) is 1. The van der Waals surface area contributed by atoms with Crippen LogP contribution in [0.5, 0.6) is 0 Å². The Bertz CT molecular complexity index is 1050. The lowest BCUT2D eigenvalue weighted by Gasteiger charge is -2.12. The van der Waals surface area contributed by atoms with Gasteiger partial charge in [-0.25, -0.2) is 26.2 Å². The van der Waals surface area contributed by atoms with Crippen molar-refractivity contribution >= 4 is 31.4 Å². The molecule has 1 aliphatic rings. The van der Waals surface area contributed by atoms with Gasteiger partial charge in [0, 0.05) is 6.20 Å². The van der Waals surface area contributed by atoms with Gasteiger partial charge in [0.05, 0.1) is 27.2 Å². The normalized spacial score (nSPS) is 19.2. The number of anilines is 1. The first-order valence-corrected chi connectivity index (χ1v) is 11.0. The average Bonchev–Trinajstić information content (AvgIpc) is 2.96. The molecule has 0 spiro atoms. The Balaban J connectivity index is 1.91. The van der Waals surface area contributed by atoms with Crippen LogP contribution in [0.4, 0.5) is 10.2 Å².